The van der Waals surface area contributed by atoms with Crippen molar-refractivity contribution in [3.8, 4) is 0 Å². The summed E-state index contributed by atoms with van der Waals surface area (Å²) in [6.07, 6.45) is 0. The lowest BCUT2D eigenvalue weighted by Gasteiger charge is -1.99. The number of hydrogen-bond donors (Lipinski definition) is 1. The fourth-order valence-corrected chi connectivity index (χ4v) is 1.95. The number of Topliss-reactive ketones (excluding diaryl/α,β-unsaturated/α-hetero) is 1. The van der Waals surface area contributed by atoms with E-state index in [1.807, 2.05) is 6.92 Å². The molecule has 86 valence electrons. The first-order valence-electron chi connectivity index (χ1n) is 4.36. The van der Waals surface area contributed by atoms with Gasteiger partial charge < -0.3 is 10.1 Å². The minimum Gasteiger partial charge on any atom is -0.383 e. The van der Waals surface area contributed by atoms with Crippen LogP contribution in [0.5, 0.6) is 0 Å². The maximum Gasteiger partial charge on any atom is 0.183 e. The second-order valence-electron chi connectivity index (χ2n) is 2.91. The van der Waals surface area contributed by atoms with Gasteiger partial charge in [-0.2, -0.15) is 0 Å². The van der Waals surface area contributed by atoms with Gasteiger partial charge in [-0.1, -0.05) is 11.3 Å². The zero-order valence-electron chi connectivity index (χ0n) is 8.99. The fraction of sp³-hybridized carbons (Fsp3) is 0.556. The summed E-state index contributed by atoms with van der Waals surface area (Å²) in [6.45, 7) is 4.74. The molecule has 0 saturated heterocycles. The molecule has 4 nitrogen and oxygen atoms in total. The third kappa shape index (κ3) is 4.15. The van der Waals surface area contributed by atoms with Gasteiger partial charge in [0.15, 0.2) is 10.9 Å². The minimum atomic E-state index is 0. The SMILES string of the molecule is COCCNc1nc(C)c(C(C)=O)s1.Cl. The van der Waals surface area contributed by atoms with Crippen LogP contribution in [0.2, 0.25) is 0 Å². The molecule has 0 aliphatic heterocycles. The number of aryl methyl sites for hydroxylation is 1. The molecule has 0 unspecified atom stereocenters. The van der Waals surface area contributed by atoms with Crippen LogP contribution in [0.3, 0.4) is 0 Å². The highest BCUT2D eigenvalue weighted by Gasteiger charge is 2.10. The van der Waals surface area contributed by atoms with Crippen LogP contribution in [0.15, 0.2) is 0 Å². The minimum absolute atomic E-state index is 0. The van der Waals surface area contributed by atoms with E-state index in [1.54, 1.807) is 14.0 Å². The van der Waals surface area contributed by atoms with Gasteiger partial charge in [-0.05, 0) is 6.92 Å². The van der Waals surface area contributed by atoms with Gasteiger partial charge in [-0.25, -0.2) is 4.98 Å². The van der Waals surface area contributed by atoms with E-state index in [2.05, 4.69) is 10.3 Å². The second-order valence-corrected chi connectivity index (χ2v) is 3.91. The number of halogens is 1. The molecule has 0 spiro atoms. The van der Waals surface area contributed by atoms with Crippen LogP contribution in [-0.4, -0.2) is 31.0 Å². The van der Waals surface area contributed by atoms with Crippen LogP contribution in [0.1, 0.15) is 22.3 Å². The Morgan fingerprint density at radius 2 is 2.27 bits per heavy atom. The van der Waals surface area contributed by atoms with E-state index in [0.29, 0.717) is 13.2 Å². The molecular formula is C9H15ClN2O2S. The summed E-state index contributed by atoms with van der Waals surface area (Å²) in [5.74, 6) is 0.0693. The average Bonchev–Trinajstić information content (AvgIpc) is 2.47. The highest BCUT2D eigenvalue weighted by molar-refractivity contribution is 7.17. The third-order valence-electron chi connectivity index (χ3n) is 1.70. The molecule has 6 heteroatoms. The van der Waals surface area contributed by atoms with Gasteiger partial charge in [0, 0.05) is 20.6 Å². The third-order valence-corrected chi connectivity index (χ3v) is 2.91. The molecule has 0 fully saturated rings. The number of carbonyl (C=O) groups excluding carboxylic acids is 1. The van der Waals surface area contributed by atoms with Crippen molar-refractivity contribution in [2.45, 2.75) is 13.8 Å². The number of thiazole rings is 1. The van der Waals surface area contributed by atoms with E-state index in [4.69, 9.17) is 4.74 Å². The number of carbonyl (C=O) groups is 1. The van der Waals surface area contributed by atoms with E-state index in [1.165, 1.54) is 11.3 Å². The maximum atomic E-state index is 11.1. The lowest BCUT2D eigenvalue weighted by atomic mass is 10.3. The molecule has 0 radical (unpaired) electrons. The Balaban J connectivity index is 0.00000196. The van der Waals surface area contributed by atoms with E-state index < -0.39 is 0 Å². The lowest BCUT2D eigenvalue weighted by molar-refractivity contribution is 0.102. The Morgan fingerprint density at radius 3 is 2.73 bits per heavy atom. The van der Waals surface area contributed by atoms with Crippen molar-refractivity contribution in [2.24, 2.45) is 0 Å². The number of ether oxygens (including phenoxy) is 1. The molecule has 1 N–H and O–H groups in total. The number of anilines is 1. The van der Waals surface area contributed by atoms with Gasteiger partial charge in [0.2, 0.25) is 0 Å². The van der Waals surface area contributed by atoms with Crippen molar-refractivity contribution < 1.29 is 9.53 Å². The summed E-state index contributed by atoms with van der Waals surface area (Å²) < 4.78 is 4.90. The van der Waals surface area contributed by atoms with Gasteiger partial charge in [-0.15, -0.1) is 12.4 Å². The van der Waals surface area contributed by atoms with Gasteiger partial charge in [0.05, 0.1) is 17.2 Å². The monoisotopic (exact) mass is 250 g/mol. The Bertz CT molecular complexity index is 328. The molecule has 0 aliphatic carbocycles. The number of rotatable bonds is 5. The summed E-state index contributed by atoms with van der Waals surface area (Å²) in [7, 11) is 1.65. The Morgan fingerprint density at radius 1 is 1.60 bits per heavy atom. The molecule has 1 rings (SSSR count). The largest absolute Gasteiger partial charge is 0.383 e. The fourth-order valence-electron chi connectivity index (χ4n) is 1.06. The van der Waals surface area contributed by atoms with Gasteiger partial charge >= 0.3 is 0 Å². The van der Waals surface area contributed by atoms with Crippen LogP contribution >= 0.6 is 23.7 Å². The molecule has 1 aromatic rings. The Labute approximate surface area is 99.5 Å². The van der Waals surface area contributed by atoms with Crippen molar-refractivity contribution >= 4 is 34.7 Å². The summed E-state index contributed by atoms with van der Waals surface area (Å²) in [5.41, 5.74) is 0.794. The zero-order chi connectivity index (χ0) is 10.6. The van der Waals surface area contributed by atoms with Crippen molar-refractivity contribution in [3.05, 3.63) is 10.6 Å². The standard InChI is InChI=1S/C9H14N2O2S.ClH/c1-6-8(7(2)12)14-9(11-6)10-4-5-13-3;/h4-5H2,1-3H3,(H,10,11);1H. The molecule has 0 bridgehead atoms. The number of aromatic nitrogens is 1. The number of nitrogens with zero attached hydrogens (tertiary/aromatic N) is 1. The van der Waals surface area contributed by atoms with Gasteiger partial charge in [0.25, 0.3) is 0 Å². The van der Waals surface area contributed by atoms with E-state index in [0.717, 1.165) is 15.7 Å². The molecule has 0 amide bonds. The summed E-state index contributed by atoms with van der Waals surface area (Å²) in [6, 6.07) is 0. The lowest BCUT2D eigenvalue weighted by Crippen LogP contribution is -2.06. The summed E-state index contributed by atoms with van der Waals surface area (Å²) >= 11 is 1.39. The van der Waals surface area contributed by atoms with E-state index in [9.17, 15) is 4.79 Å². The van der Waals surface area contributed by atoms with Gasteiger partial charge in [0.1, 0.15) is 0 Å². The predicted molar refractivity (Wildman–Crippen MR) is 64.5 cm³/mol. The molecule has 1 aromatic heterocycles. The molecular weight excluding hydrogens is 236 g/mol. The van der Waals surface area contributed by atoms with Crippen LogP contribution < -0.4 is 5.32 Å². The summed E-state index contributed by atoms with van der Waals surface area (Å²) in [4.78, 5) is 16.1. The number of hydrogen-bond acceptors (Lipinski definition) is 5. The van der Waals surface area contributed by atoms with Gasteiger partial charge in [-0.3, -0.25) is 4.79 Å². The van der Waals surface area contributed by atoms with Crippen molar-refractivity contribution in [2.75, 3.05) is 25.6 Å². The first-order valence-corrected chi connectivity index (χ1v) is 5.18. The second kappa shape index (κ2) is 6.76. The Kier molecular flexibility index (Phi) is 6.47. The zero-order valence-corrected chi connectivity index (χ0v) is 10.6. The van der Waals surface area contributed by atoms with Crippen LogP contribution in [0, 0.1) is 6.92 Å². The first-order chi connectivity index (χ1) is 6.65. The van der Waals surface area contributed by atoms with Crippen LogP contribution in [0.25, 0.3) is 0 Å². The molecule has 0 aromatic carbocycles. The number of ketones is 1. The highest BCUT2D eigenvalue weighted by Crippen LogP contribution is 2.22. The van der Waals surface area contributed by atoms with Crippen molar-refractivity contribution in [1.29, 1.82) is 0 Å². The molecule has 15 heavy (non-hydrogen) atoms. The van der Waals surface area contributed by atoms with Crippen LogP contribution in [0.4, 0.5) is 5.13 Å². The number of methoxy groups -OCH3 is 1. The van der Waals surface area contributed by atoms with E-state index in [-0.39, 0.29) is 18.2 Å². The van der Waals surface area contributed by atoms with Crippen molar-refractivity contribution in [1.82, 2.24) is 4.98 Å². The molecule has 0 atom stereocenters. The summed E-state index contributed by atoms with van der Waals surface area (Å²) in [5, 5.41) is 3.87. The quantitative estimate of drug-likeness (QED) is 0.643. The highest BCUT2D eigenvalue weighted by atomic mass is 35.5. The van der Waals surface area contributed by atoms with E-state index >= 15 is 0 Å². The Hall–Kier alpha value is -0.650. The topological polar surface area (TPSA) is 51.2 Å². The number of nitrogens with one attached hydrogen (secondary N) is 1. The maximum absolute atomic E-state index is 11.1. The first kappa shape index (κ1) is 14.3. The predicted octanol–water partition coefficient (Wildman–Crippen LogP) is 2.13. The average molecular weight is 251 g/mol. The van der Waals surface area contributed by atoms with Crippen molar-refractivity contribution in [3.63, 3.8) is 0 Å². The molecule has 0 saturated carbocycles. The normalized spacial score (nSPS) is 9.53. The smallest absolute Gasteiger partial charge is 0.183 e. The van der Waals surface area contributed by atoms with Crippen LogP contribution in [-0.2, 0) is 4.74 Å². The molecule has 0 aliphatic rings. The molecule has 1 heterocycles.